The summed E-state index contributed by atoms with van der Waals surface area (Å²) in [5.74, 6) is 0.488. The minimum atomic E-state index is -0.336. The number of H-pyrrole nitrogens is 1. The number of nitrogens with two attached hydrogens (primary N) is 1. The van der Waals surface area contributed by atoms with Crippen LogP contribution in [0, 0.1) is 0 Å². The van der Waals surface area contributed by atoms with Gasteiger partial charge in [0.1, 0.15) is 11.4 Å². The molecule has 1 aliphatic heterocycles. The number of nitrogens with zero attached hydrogens (tertiary/aromatic N) is 5. The lowest BCUT2D eigenvalue weighted by Crippen LogP contribution is -2.34. The van der Waals surface area contributed by atoms with Gasteiger partial charge in [-0.1, -0.05) is 12.1 Å². The second-order valence-corrected chi connectivity index (χ2v) is 7.25. The normalized spacial score (nSPS) is 13.9. The molecule has 4 rings (SSSR count). The zero-order chi connectivity index (χ0) is 22.1. The quantitative estimate of drug-likeness (QED) is 0.648. The lowest BCUT2D eigenvalue weighted by molar-refractivity contribution is 0.0827. The highest BCUT2D eigenvalue weighted by atomic mass is 16.4. The van der Waals surface area contributed by atoms with Gasteiger partial charge < -0.3 is 24.9 Å². The fourth-order valence-corrected chi connectivity index (χ4v) is 3.11. The molecule has 1 aliphatic rings. The Morgan fingerprint density at radius 2 is 1.87 bits per heavy atom. The van der Waals surface area contributed by atoms with Crippen molar-refractivity contribution in [2.24, 2.45) is 10.7 Å². The number of aromatic amines is 1. The van der Waals surface area contributed by atoms with Crippen LogP contribution in [0.1, 0.15) is 21.8 Å². The highest BCUT2D eigenvalue weighted by molar-refractivity contribution is 6.06. The van der Waals surface area contributed by atoms with Gasteiger partial charge >= 0.3 is 0 Å². The van der Waals surface area contributed by atoms with Crippen LogP contribution in [0.15, 0.2) is 62.6 Å². The largest absolute Gasteiger partial charge is 0.414 e. The highest BCUT2D eigenvalue weighted by Crippen LogP contribution is 2.26. The van der Waals surface area contributed by atoms with Crippen LogP contribution < -0.4 is 11.3 Å². The van der Waals surface area contributed by atoms with E-state index in [4.69, 9.17) is 10.2 Å². The van der Waals surface area contributed by atoms with Gasteiger partial charge in [-0.15, -0.1) is 10.2 Å². The average Bonchev–Trinajstić information content (AvgIpc) is 3.25. The lowest BCUT2D eigenvalue weighted by Gasteiger charge is -2.26. The number of hydrogen-bond donors (Lipinski definition) is 2. The Balaban J connectivity index is 1.69. The molecule has 0 saturated heterocycles. The van der Waals surface area contributed by atoms with Gasteiger partial charge in [-0.3, -0.25) is 9.59 Å². The van der Waals surface area contributed by atoms with Crippen molar-refractivity contribution in [2.75, 3.05) is 27.7 Å². The Morgan fingerprint density at radius 1 is 1.16 bits per heavy atom. The van der Waals surface area contributed by atoms with E-state index in [2.05, 4.69) is 20.2 Å². The standard InChI is InChI=1S/C21H21N7O3/c1-27(2)21(30)13-8-6-12(7-9-13)15-11-28(3)17(22)16(24-15)20-26-25-19(31-20)14-5-4-10-23-18(14)29/h4-10H,11,22H2,1-3H3,(H,23,29). The van der Waals surface area contributed by atoms with Crippen LogP contribution in [-0.2, 0) is 0 Å². The number of rotatable bonds is 4. The molecular weight excluding hydrogens is 398 g/mol. The molecule has 2 aromatic heterocycles. The summed E-state index contributed by atoms with van der Waals surface area (Å²) < 4.78 is 5.71. The second kappa shape index (κ2) is 7.90. The van der Waals surface area contributed by atoms with Crippen molar-refractivity contribution in [3.8, 4) is 11.5 Å². The number of carbonyl (C=O) groups is 1. The van der Waals surface area contributed by atoms with Gasteiger partial charge in [-0.2, -0.15) is 0 Å². The third kappa shape index (κ3) is 3.82. The van der Waals surface area contributed by atoms with E-state index < -0.39 is 0 Å². The van der Waals surface area contributed by atoms with Crippen molar-refractivity contribution in [3.05, 3.63) is 75.8 Å². The number of nitrogens with one attached hydrogen (secondary N) is 1. The van der Waals surface area contributed by atoms with E-state index in [1.54, 1.807) is 38.4 Å². The molecule has 0 radical (unpaired) electrons. The van der Waals surface area contributed by atoms with Gasteiger partial charge in [0.05, 0.1) is 12.3 Å². The van der Waals surface area contributed by atoms with Crippen LogP contribution in [0.5, 0.6) is 0 Å². The number of benzene rings is 1. The Labute approximate surface area is 177 Å². The molecule has 0 atom stereocenters. The second-order valence-electron chi connectivity index (χ2n) is 7.25. The van der Waals surface area contributed by atoms with Gasteiger partial charge in [0, 0.05) is 32.9 Å². The molecule has 158 valence electrons. The van der Waals surface area contributed by atoms with Gasteiger partial charge in [-0.25, -0.2) is 4.99 Å². The number of aliphatic imine (C=N–C) groups is 1. The highest BCUT2D eigenvalue weighted by Gasteiger charge is 2.24. The maximum Gasteiger partial charge on any atom is 0.270 e. The summed E-state index contributed by atoms with van der Waals surface area (Å²) in [5, 5.41) is 8.01. The molecular formula is C21H21N7O3. The minimum Gasteiger partial charge on any atom is -0.414 e. The maximum absolute atomic E-state index is 12.1. The predicted molar refractivity (Wildman–Crippen MR) is 115 cm³/mol. The van der Waals surface area contributed by atoms with Gasteiger partial charge in [0.2, 0.25) is 0 Å². The first-order chi connectivity index (χ1) is 14.8. The smallest absolute Gasteiger partial charge is 0.270 e. The fourth-order valence-electron chi connectivity index (χ4n) is 3.11. The third-order valence-corrected chi connectivity index (χ3v) is 4.83. The SMILES string of the molecule is CN(C)C(=O)c1ccc(C2=NC(c3nnc(-c4ccc[nH]c4=O)o3)=C(N)N(C)C2)cc1. The molecule has 3 N–H and O–H groups in total. The zero-order valence-electron chi connectivity index (χ0n) is 17.3. The summed E-state index contributed by atoms with van der Waals surface area (Å²) in [7, 11) is 5.24. The summed E-state index contributed by atoms with van der Waals surface area (Å²) in [4.78, 5) is 34.7. The summed E-state index contributed by atoms with van der Waals surface area (Å²) in [5.41, 5.74) is 8.62. The molecule has 0 saturated carbocycles. The Hall–Kier alpha value is -4.21. The first-order valence-corrected chi connectivity index (χ1v) is 9.47. The fraction of sp³-hybridized carbons (Fsp3) is 0.190. The van der Waals surface area contributed by atoms with E-state index in [1.165, 1.54) is 11.1 Å². The van der Waals surface area contributed by atoms with Crippen LogP contribution in [0.25, 0.3) is 17.2 Å². The molecule has 3 heterocycles. The van der Waals surface area contributed by atoms with Crippen LogP contribution in [-0.4, -0.2) is 64.3 Å². The van der Waals surface area contributed by atoms with Crippen molar-refractivity contribution in [2.45, 2.75) is 0 Å². The van der Waals surface area contributed by atoms with Crippen LogP contribution in [0.3, 0.4) is 0 Å². The molecule has 10 nitrogen and oxygen atoms in total. The van der Waals surface area contributed by atoms with Crippen molar-refractivity contribution < 1.29 is 9.21 Å². The van der Waals surface area contributed by atoms with E-state index in [9.17, 15) is 9.59 Å². The van der Waals surface area contributed by atoms with Gasteiger partial charge in [0.25, 0.3) is 23.2 Å². The number of pyridine rings is 1. The van der Waals surface area contributed by atoms with Crippen LogP contribution >= 0.6 is 0 Å². The summed E-state index contributed by atoms with van der Waals surface area (Å²) in [6, 6.07) is 10.5. The number of aromatic nitrogens is 3. The lowest BCUT2D eigenvalue weighted by atomic mass is 10.1. The molecule has 3 aromatic rings. The Bertz CT molecular complexity index is 1250. The topological polar surface area (TPSA) is 134 Å². The molecule has 10 heteroatoms. The first-order valence-electron chi connectivity index (χ1n) is 9.47. The summed E-state index contributed by atoms with van der Waals surface area (Å²) in [6.07, 6.45) is 1.52. The molecule has 0 unspecified atom stereocenters. The summed E-state index contributed by atoms with van der Waals surface area (Å²) >= 11 is 0. The van der Waals surface area contributed by atoms with E-state index in [0.717, 1.165) is 11.3 Å². The third-order valence-electron chi connectivity index (χ3n) is 4.83. The van der Waals surface area contributed by atoms with E-state index >= 15 is 0 Å². The van der Waals surface area contributed by atoms with E-state index in [0.29, 0.717) is 23.6 Å². The molecule has 0 fully saturated rings. The molecule has 1 amide bonds. The Morgan fingerprint density at radius 3 is 2.55 bits per heavy atom. The van der Waals surface area contributed by atoms with Crippen LogP contribution in [0.2, 0.25) is 0 Å². The maximum atomic E-state index is 12.1. The molecule has 0 bridgehead atoms. The van der Waals surface area contributed by atoms with Crippen LogP contribution in [0.4, 0.5) is 0 Å². The summed E-state index contributed by atoms with van der Waals surface area (Å²) in [6.45, 7) is 0.468. The number of amides is 1. The van der Waals surface area contributed by atoms with Crippen molar-refractivity contribution in [3.63, 3.8) is 0 Å². The number of likely N-dealkylation sites (N-methyl/N-ethyl adjacent to an activating group) is 1. The minimum absolute atomic E-state index is 0.0756. The number of hydrogen-bond acceptors (Lipinski definition) is 8. The van der Waals surface area contributed by atoms with Crippen molar-refractivity contribution in [1.29, 1.82) is 0 Å². The molecule has 0 spiro atoms. The molecule has 0 aliphatic carbocycles. The monoisotopic (exact) mass is 419 g/mol. The van der Waals surface area contributed by atoms with Gasteiger partial charge in [-0.05, 0) is 29.8 Å². The average molecular weight is 419 g/mol. The van der Waals surface area contributed by atoms with Crippen molar-refractivity contribution >= 4 is 17.3 Å². The predicted octanol–water partition coefficient (Wildman–Crippen LogP) is 1.15. The Kier molecular flexibility index (Phi) is 5.12. The van der Waals surface area contributed by atoms with Gasteiger partial charge in [0.15, 0.2) is 5.70 Å². The van der Waals surface area contributed by atoms with E-state index in [-0.39, 0.29) is 28.8 Å². The molecule has 1 aromatic carbocycles. The van der Waals surface area contributed by atoms with E-state index in [1.807, 2.05) is 24.1 Å². The molecule has 31 heavy (non-hydrogen) atoms. The number of carbonyl (C=O) groups excluding carboxylic acids is 1. The zero-order valence-corrected chi connectivity index (χ0v) is 17.3. The first kappa shape index (κ1) is 20.1. The van der Waals surface area contributed by atoms with Crippen molar-refractivity contribution in [1.82, 2.24) is 25.0 Å².